The number of imide groups is 1. The summed E-state index contributed by atoms with van der Waals surface area (Å²) in [6.45, 7) is 0.109. The second-order valence-corrected chi connectivity index (χ2v) is 5.08. The van der Waals surface area contributed by atoms with E-state index in [0.717, 1.165) is 11.0 Å². The number of hydrogen-bond donors (Lipinski definition) is 2. The summed E-state index contributed by atoms with van der Waals surface area (Å²) >= 11 is 0. The standard InChI is InChI=1S/C15H14FN5O3/c16-11-8-10(2-3-12(11)21-6-1-4-19-21)14(23)17-5-7-20-13(22)9-18-15(20)24/h1-4,6,8H,5,7,9H2,(H,17,23)(H,18,24). The van der Waals surface area contributed by atoms with Crippen molar-refractivity contribution in [2.24, 2.45) is 0 Å². The Hall–Kier alpha value is -3.23. The molecule has 0 atom stereocenters. The van der Waals surface area contributed by atoms with Crippen molar-refractivity contribution in [2.45, 2.75) is 0 Å². The van der Waals surface area contributed by atoms with E-state index in [1.807, 2.05) is 0 Å². The number of halogens is 1. The van der Waals surface area contributed by atoms with Gasteiger partial charge in [0.2, 0.25) is 5.91 Å². The smallest absolute Gasteiger partial charge is 0.324 e. The molecule has 0 radical (unpaired) electrons. The second-order valence-electron chi connectivity index (χ2n) is 5.08. The predicted octanol–water partition coefficient (Wildman–Crippen LogP) is 0.293. The number of hydrogen-bond acceptors (Lipinski definition) is 4. The fraction of sp³-hybridized carbons (Fsp3) is 0.200. The Labute approximate surface area is 136 Å². The first kappa shape index (κ1) is 15.7. The highest BCUT2D eigenvalue weighted by Crippen LogP contribution is 2.14. The lowest BCUT2D eigenvalue weighted by molar-refractivity contribution is -0.124. The maximum Gasteiger partial charge on any atom is 0.324 e. The molecule has 2 heterocycles. The minimum atomic E-state index is -0.583. The molecule has 4 amide bonds. The third-order valence-corrected chi connectivity index (χ3v) is 3.52. The molecular weight excluding hydrogens is 317 g/mol. The van der Waals surface area contributed by atoms with Gasteiger partial charge in [-0.15, -0.1) is 0 Å². The number of carbonyl (C=O) groups is 3. The average molecular weight is 331 g/mol. The fourth-order valence-corrected chi connectivity index (χ4v) is 2.31. The molecule has 1 aromatic carbocycles. The number of carbonyl (C=O) groups excluding carboxylic acids is 3. The number of rotatable bonds is 5. The molecule has 2 aromatic rings. The van der Waals surface area contributed by atoms with Gasteiger partial charge in [0.15, 0.2) is 0 Å². The van der Waals surface area contributed by atoms with Crippen LogP contribution in [0.2, 0.25) is 0 Å². The number of nitrogens with zero attached hydrogens (tertiary/aromatic N) is 3. The normalized spacial score (nSPS) is 14.0. The maximum atomic E-state index is 14.1. The Balaban J connectivity index is 1.60. The van der Waals surface area contributed by atoms with Gasteiger partial charge in [-0.2, -0.15) is 5.10 Å². The van der Waals surface area contributed by atoms with E-state index >= 15 is 0 Å². The summed E-state index contributed by atoms with van der Waals surface area (Å²) in [6.07, 6.45) is 3.12. The highest BCUT2D eigenvalue weighted by molar-refractivity contribution is 6.02. The van der Waals surface area contributed by atoms with E-state index in [2.05, 4.69) is 15.7 Å². The van der Waals surface area contributed by atoms with Crippen molar-refractivity contribution in [3.05, 3.63) is 48.0 Å². The first-order valence-electron chi connectivity index (χ1n) is 7.22. The minimum absolute atomic E-state index is 0.0348. The molecule has 8 nitrogen and oxygen atoms in total. The van der Waals surface area contributed by atoms with Crippen molar-refractivity contribution in [1.29, 1.82) is 0 Å². The van der Waals surface area contributed by atoms with Crippen LogP contribution in [0, 0.1) is 5.82 Å². The van der Waals surface area contributed by atoms with E-state index in [0.29, 0.717) is 0 Å². The van der Waals surface area contributed by atoms with Crippen LogP contribution in [-0.2, 0) is 4.79 Å². The van der Waals surface area contributed by atoms with Crippen LogP contribution in [-0.4, -0.2) is 52.2 Å². The molecule has 0 bridgehead atoms. The summed E-state index contributed by atoms with van der Waals surface area (Å²) in [5, 5.41) is 8.86. The molecule has 1 saturated heterocycles. The molecule has 0 unspecified atom stereocenters. The molecule has 9 heteroatoms. The van der Waals surface area contributed by atoms with E-state index in [1.54, 1.807) is 12.3 Å². The van der Waals surface area contributed by atoms with Crippen LogP contribution < -0.4 is 10.6 Å². The van der Waals surface area contributed by atoms with Crippen molar-refractivity contribution < 1.29 is 18.8 Å². The van der Waals surface area contributed by atoms with Gasteiger partial charge in [0.25, 0.3) is 5.91 Å². The predicted molar refractivity (Wildman–Crippen MR) is 81.0 cm³/mol. The van der Waals surface area contributed by atoms with Crippen molar-refractivity contribution in [3.8, 4) is 5.69 Å². The van der Waals surface area contributed by atoms with Gasteiger partial charge in [-0.05, 0) is 24.3 Å². The van der Waals surface area contributed by atoms with Gasteiger partial charge in [-0.3, -0.25) is 14.5 Å². The lowest BCUT2D eigenvalue weighted by Gasteiger charge is -2.13. The second kappa shape index (κ2) is 6.49. The van der Waals surface area contributed by atoms with Crippen LogP contribution in [0.1, 0.15) is 10.4 Å². The summed E-state index contributed by atoms with van der Waals surface area (Å²) in [7, 11) is 0. The van der Waals surface area contributed by atoms with Crippen LogP contribution >= 0.6 is 0 Å². The Morgan fingerprint density at radius 2 is 2.21 bits per heavy atom. The SMILES string of the molecule is O=C(NCCN1C(=O)CNC1=O)c1ccc(-n2cccn2)c(F)c1. The highest BCUT2D eigenvalue weighted by atomic mass is 19.1. The third-order valence-electron chi connectivity index (χ3n) is 3.52. The van der Waals surface area contributed by atoms with Crippen molar-refractivity contribution >= 4 is 17.8 Å². The largest absolute Gasteiger partial charge is 0.350 e. The maximum absolute atomic E-state index is 14.1. The first-order chi connectivity index (χ1) is 11.6. The molecule has 3 rings (SSSR count). The number of benzene rings is 1. The van der Waals surface area contributed by atoms with Gasteiger partial charge in [0.1, 0.15) is 11.5 Å². The van der Waals surface area contributed by atoms with E-state index in [9.17, 15) is 18.8 Å². The number of amides is 4. The number of aromatic nitrogens is 2. The molecule has 2 N–H and O–H groups in total. The molecule has 124 valence electrons. The minimum Gasteiger partial charge on any atom is -0.350 e. The molecule has 1 aromatic heterocycles. The average Bonchev–Trinajstić information content (AvgIpc) is 3.19. The van der Waals surface area contributed by atoms with Gasteiger partial charge in [0, 0.05) is 31.0 Å². The molecule has 24 heavy (non-hydrogen) atoms. The highest BCUT2D eigenvalue weighted by Gasteiger charge is 2.27. The summed E-state index contributed by atoms with van der Waals surface area (Å²) in [6, 6.07) is 5.22. The number of nitrogens with one attached hydrogen (secondary N) is 2. The van der Waals surface area contributed by atoms with Crippen molar-refractivity contribution in [2.75, 3.05) is 19.6 Å². The van der Waals surface area contributed by atoms with Gasteiger partial charge >= 0.3 is 6.03 Å². The molecule has 0 spiro atoms. The van der Waals surface area contributed by atoms with Crippen molar-refractivity contribution in [1.82, 2.24) is 25.3 Å². The summed E-state index contributed by atoms with van der Waals surface area (Å²) in [5.74, 6) is -1.42. The van der Waals surface area contributed by atoms with Crippen LogP contribution in [0.4, 0.5) is 9.18 Å². The zero-order valence-corrected chi connectivity index (χ0v) is 12.5. The molecule has 1 aliphatic rings. The first-order valence-corrected chi connectivity index (χ1v) is 7.22. The van der Waals surface area contributed by atoms with Gasteiger partial charge < -0.3 is 10.6 Å². The van der Waals surface area contributed by atoms with Crippen molar-refractivity contribution in [3.63, 3.8) is 0 Å². The lowest BCUT2D eigenvalue weighted by Crippen LogP contribution is -2.38. The Morgan fingerprint density at radius 1 is 1.38 bits per heavy atom. The van der Waals surface area contributed by atoms with E-state index in [-0.39, 0.29) is 36.8 Å². The van der Waals surface area contributed by atoms with E-state index in [4.69, 9.17) is 0 Å². The monoisotopic (exact) mass is 331 g/mol. The van der Waals surface area contributed by atoms with E-state index < -0.39 is 17.8 Å². The zero-order valence-electron chi connectivity index (χ0n) is 12.5. The third kappa shape index (κ3) is 3.09. The molecule has 0 aliphatic carbocycles. The molecular formula is C15H14FN5O3. The van der Waals surface area contributed by atoms with Crippen LogP contribution in [0.25, 0.3) is 5.69 Å². The van der Waals surface area contributed by atoms with Gasteiger partial charge in [-0.1, -0.05) is 0 Å². The summed E-state index contributed by atoms with van der Waals surface area (Å²) in [4.78, 5) is 35.8. The Kier molecular flexibility index (Phi) is 4.23. The van der Waals surface area contributed by atoms with Crippen LogP contribution in [0.15, 0.2) is 36.7 Å². The Bertz CT molecular complexity index is 774. The lowest BCUT2D eigenvalue weighted by atomic mass is 10.2. The topological polar surface area (TPSA) is 96.3 Å². The number of urea groups is 1. The van der Waals surface area contributed by atoms with Crippen LogP contribution in [0.3, 0.4) is 0 Å². The fourth-order valence-electron chi connectivity index (χ4n) is 2.31. The Morgan fingerprint density at radius 3 is 2.83 bits per heavy atom. The van der Waals surface area contributed by atoms with Gasteiger partial charge in [0.05, 0.1) is 6.54 Å². The van der Waals surface area contributed by atoms with E-state index in [1.165, 1.54) is 23.0 Å². The van der Waals surface area contributed by atoms with Gasteiger partial charge in [-0.25, -0.2) is 13.9 Å². The quantitative estimate of drug-likeness (QED) is 0.770. The molecule has 1 aliphatic heterocycles. The molecule has 1 fully saturated rings. The summed E-state index contributed by atoms with van der Waals surface area (Å²) in [5.41, 5.74) is 0.372. The van der Waals surface area contributed by atoms with Crippen LogP contribution in [0.5, 0.6) is 0 Å². The molecule has 0 saturated carbocycles. The summed E-state index contributed by atoms with van der Waals surface area (Å²) < 4.78 is 15.5. The zero-order chi connectivity index (χ0) is 17.1.